The minimum absolute atomic E-state index is 0.0659. The molecule has 0 radical (unpaired) electrons. The fraction of sp³-hybridized carbons (Fsp3) is 0.444. The van der Waals surface area contributed by atoms with Gasteiger partial charge in [-0.25, -0.2) is 9.78 Å². The van der Waals surface area contributed by atoms with Gasteiger partial charge in [-0.2, -0.15) is 0 Å². The first-order chi connectivity index (χ1) is 12.4. The van der Waals surface area contributed by atoms with Crippen LogP contribution in [0.4, 0.5) is 0 Å². The van der Waals surface area contributed by atoms with Crippen LogP contribution in [0.2, 0.25) is 0 Å². The summed E-state index contributed by atoms with van der Waals surface area (Å²) in [6.07, 6.45) is 2.51. The van der Waals surface area contributed by atoms with E-state index in [1.807, 2.05) is 13.8 Å². The lowest BCUT2D eigenvalue weighted by molar-refractivity contribution is -0.0585. The molecule has 0 saturated carbocycles. The molecular formula is C18H21N3O5. The molecule has 1 fully saturated rings. The molecular weight excluding hydrogens is 338 g/mol. The molecule has 0 bridgehead atoms. The fourth-order valence-electron chi connectivity index (χ4n) is 3.14. The molecule has 1 amide bonds. The van der Waals surface area contributed by atoms with Crippen molar-refractivity contribution in [1.29, 1.82) is 0 Å². The second kappa shape index (κ2) is 7.25. The number of aromatic nitrogens is 2. The Morgan fingerprint density at radius 3 is 2.62 bits per heavy atom. The number of fused-ring (bicyclic) bond motifs is 1. The monoisotopic (exact) mass is 359 g/mol. The summed E-state index contributed by atoms with van der Waals surface area (Å²) in [4.78, 5) is 43.3. The van der Waals surface area contributed by atoms with Gasteiger partial charge in [-0.1, -0.05) is 0 Å². The number of carbonyl (C=O) groups excluding carboxylic acids is 2. The van der Waals surface area contributed by atoms with Crippen LogP contribution in [-0.2, 0) is 9.47 Å². The van der Waals surface area contributed by atoms with Gasteiger partial charge in [0.05, 0.1) is 24.4 Å². The molecule has 0 aliphatic carbocycles. The van der Waals surface area contributed by atoms with Gasteiger partial charge in [0.15, 0.2) is 5.65 Å². The molecule has 8 nitrogen and oxygen atoms in total. The molecule has 2 unspecified atom stereocenters. The SMILES string of the molecule is CCOC(=O)c1cnc2c(C(=O)N3CC(C)OC(C)C3)cccn2c1=O. The van der Waals surface area contributed by atoms with Crippen molar-refractivity contribution < 1.29 is 19.1 Å². The number of rotatable bonds is 3. The number of carbonyl (C=O) groups is 2. The Bertz CT molecular complexity index is 897. The Balaban J connectivity index is 2.02. The van der Waals surface area contributed by atoms with E-state index >= 15 is 0 Å². The van der Waals surface area contributed by atoms with Gasteiger partial charge < -0.3 is 14.4 Å². The zero-order chi connectivity index (χ0) is 18.8. The summed E-state index contributed by atoms with van der Waals surface area (Å²) >= 11 is 0. The summed E-state index contributed by atoms with van der Waals surface area (Å²) in [5.74, 6) is -0.951. The number of hydrogen-bond donors (Lipinski definition) is 0. The normalized spacial score (nSPS) is 20.2. The summed E-state index contributed by atoms with van der Waals surface area (Å²) in [5, 5.41) is 0. The lowest BCUT2D eigenvalue weighted by Gasteiger charge is -2.35. The smallest absolute Gasteiger partial charge is 0.345 e. The zero-order valence-corrected chi connectivity index (χ0v) is 15.0. The number of nitrogens with zero attached hydrogens (tertiary/aromatic N) is 3. The van der Waals surface area contributed by atoms with Gasteiger partial charge in [0.2, 0.25) is 0 Å². The summed E-state index contributed by atoms with van der Waals surface area (Å²) in [7, 11) is 0. The minimum Gasteiger partial charge on any atom is -0.462 e. The molecule has 3 heterocycles. The molecule has 1 aliphatic heterocycles. The Morgan fingerprint density at radius 2 is 1.96 bits per heavy atom. The van der Waals surface area contributed by atoms with Gasteiger partial charge in [0, 0.05) is 25.5 Å². The molecule has 3 rings (SSSR count). The molecule has 2 atom stereocenters. The number of pyridine rings is 1. The zero-order valence-electron chi connectivity index (χ0n) is 15.0. The average molecular weight is 359 g/mol. The first kappa shape index (κ1) is 18.1. The highest BCUT2D eigenvalue weighted by atomic mass is 16.5. The minimum atomic E-state index is -0.730. The van der Waals surface area contributed by atoms with Crippen LogP contribution in [0.15, 0.2) is 29.3 Å². The van der Waals surface area contributed by atoms with E-state index in [2.05, 4.69) is 4.98 Å². The van der Waals surface area contributed by atoms with E-state index in [1.54, 1.807) is 24.0 Å². The number of amides is 1. The van der Waals surface area contributed by atoms with Crippen molar-refractivity contribution in [1.82, 2.24) is 14.3 Å². The fourth-order valence-corrected chi connectivity index (χ4v) is 3.14. The Hall–Kier alpha value is -2.74. The highest BCUT2D eigenvalue weighted by molar-refractivity contribution is 6.00. The van der Waals surface area contributed by atoms with Crippen molar-refractivity contribution in [3.8, 4) is 0 Å². The molecule has 0 spiro atoms. The van der Waals surface area contributed by atoms with Crippen LogP contribution >= 0.6 is 0 Å². The molecule has 2 aromatic rings. The standard InChI is InChI=1S/C18H21N3O5/c1-4-25-18(24)14-8-19-15-13(6-5-7-21(15)17(14)23)16(22)20-9-11(2)26-12(3)10-20/h5-8,11-12H,4,9-10H2,1-3H3. The Kier molecular flexibility index (Phi) is 5.03. The van der Waals surface area contributed by atoms with Crippen molar-refractivity contribution in [2.24, 2.45) is 0 Å². The molecule has 0 aromatic carbocycles. The van der Waals surface area contributed by atoms with E-state index in [0.717, 1.165) is 6.20 Å². The topological polar surface area (TPSA) is 90.2 Å². The molecule has 26 heavy (non-hydrogen) atoms. The van der Waals surface area contributed by atoms with Crippen LogP contribution in [0, 0.1) is 0 Å². The third-order valence-corrected chi connectivity index (χ3v) is 4.16. The van der Waals surface area contributed by atoms with Crippen LogP contribution in [-0.4, -0.2) is 58.1 Å². The quantitative estimate of drug-likeness (QED) is 0.763. The van der Waals surface area contributed by atoms with Gasteiger partial charge in [-0.05, 0) is 32.9 Å². The van der Waals surface area contributed by atoms with Gasteiger partial charge >= 0.3 is 5.97 Å². The predicted octanol–water partition coefficient (Wildman–Crippen LogP) is 1.12. The van der Waals surface area contributed by atoms with Crippen molar-refractivity contribution in [3.05, 3.63) is 46.0 Å². The molecule has 1 aliphatic rings. The molecule has 1 saturated heterocycles. The summed E-state index contributed by atoms with van der Waals surface area (Å²) in [5.41, 5.74) is -0.210. The predicted molar refractivity (Wildman–Crippen MR) is 93.3 cm³/mol. The van der Waals surface area contributed by atoms with Crippen molar-refractivity contribution in [3.63, 3.8) is 0 Å². The first-order valence-electron chi connectivity index (χ1n) is 8.54. The van der Waals surface area contributed by atoms with Crippen molar-refractivity contribution >= 4 is 17.5 Å². The Labute approximate surface area is 150 Å². The van der Waals surface area contributed by atoms with Crippen LogP contribution < -0.4 is 5.56 Å². The highest BCUT2D eigenvalue weighted by Crippen LogP contribution is 2.16. The van der Waals surface area contributed by atoms with E-state index < -0.39 is 11.5 Å². The maximum absolute atomic E-state index is 13.0. The molecule has 138 valence electrons. The van der Waals surface area contributed by atoms with Gasteiger partial charge in [-0.15, -0.1) is 0 Å². The average Bonchev–Trinajstić information content (AvgIpc) is 2.60. The number of morpholine rings is 1. The third-order valence-electron chi connectivity index (χ3n) is 4.16. The van der Waals surface area contributed by atoms with E-state index in [9.17, 15) is 14.4 Å². The number of esters is 1. The number of ether oxygens (including phenoxy) is 2. The molecule has 0 N–H and O–H groups in total. The lowest BCUT2D eigenvalue weighted by Crippen LogP contribution is -2.48. The second-order valence-corrected chi connectivity index (χ2v) is 6.28. The molecule has 2 aromatic heterocycles. The summed E-state index contributed by atoms with van der Waals surface area (Å²) in [6.45, 7) is 6.57. The van der Waals surface area contributed by atoms with Crippen LogP contribution in [0.5, 0.6) is 0 Å². The Morgan fingerprint density at radius 1 is 1.27 bits per heavy atom. The van der Waals surface area contributed by atoms with Crippen LogP contribution in [0.25, 0.3) is 5.65 Å². The van der Waals surface area contributed by atoms with Crippen LogP contribution in [0.1, 0.15) is 41.5 Å². The number of hydrogen-bond acceptors (Lipinski definition) is 6. The largest absolute Gasteiger partial charge is 0.462 e. The first-order valence-corrected chi connectivity index (χ1v) is 8.54. The maximum Gasteiger partial charge on any atom is 0.345 e. The molecule has 8 heteroatoms. The van der Waals surface area contributed by atoms with Crippen molar-refractivity contribution in [2.75, 3.05) is 19.7 Å². The van der Waals surface area contributed by atoms with Crippen LogP contribution in [0.3, 0.4) is 0 Å². The second-order valence-electron chi connectivity index (χ2n) is 6.28. The van der Waals surface area contributed by atoms with E-state index in [-0.39, 0.29) is 35.9 Å². The third kappa shape index (κ3) is 3.32. The highest BCUT2D eigenvalue weighted by Gasteiger charge is 2.28. The van der Waals surface area contributed by atoms with E-state index in [1.165, 1.54) is 10.6 Å². The lowest BCUT2D eigenvalue weighted by atomic mass is 10.1. The summed E-state index contributed by atoms with van der Waals surface area (Å²) in [6, 6.07) is 3.21. The van der Waals surface area contributed by atoms with Gasteiger partial charge in [0.1, 0.15) is 5.56 Å². The van der Waals surface area contributed by atoms with E-state index in [4.69, 9.17) is 9.47 Å². The van der Waals surface area contributed by atoms with E-state index in [0.29, 0.717) is 18.7 Å². The maximum atomic E-state index is 13.0. The van der Waals surface area contributed by atoms with Gasteiger partial charge in [-0.3, -0.25) is 14.0 Å². The van der Waals surface area contributed by atoms with Crippen molar-refractivity contribution in [2.45, 2.75) is 33.0 Å². The summed E-state index contributed by atoms with van der Waals surface area (Å²) < 4.78 is 11.7. The van der Waals surface area contributed by atoms with Gasteiger partial charge in [0.25, 0.3) is 11.5 Å².